The molecule has 0 aliphatic rings. The van der Waals surface area contributed by atoms with E-state index in [1.165, 1.54) is 12.6 Å². The van der Waals surface area contributed by atoms with E-state index in [0.29, 0.717) is 12.1 Å². The molecule has 1 aromatic carbocycles. The lowest BCUT2D eigenvalue weighted by atomic mass is 10.0. The zero-order chi connectivity index (χ0) is 25.3. The molecule has 0 aliphatic carbocycles. The van der Waals surface area contributed by atoms with E-state index in [-0.39, 0.29) is 11.9 Å². The molecule has 2 atom stereocenters. The Kier molecular flexibility index (Phi) is 9.72. The van der Waals surface area contributed by atoms with E-state index in [4.69, 9.17) is 0 Å². The van der Waals surface area contributed by atoms with Crippen LogP contribution in [0.1, 0.15) is 62.0 Å². The van der Waals surface area contributed by atoms with E-state index < -0.39 is 4.65 Å². The monoisotopic (exact) mass is 494 g/mol. The Balaban J connectivity index is 1.73. The number of thiophene rings is 1. The van der Waals surface area contributed by atoms with Crippen LogP contribution >= 0.6 is 11.3 Å². The van der Waals surface area contributed by atoms with Gasteiger partial charge >= 0.3 is 6.41 Å². The highest BCUT2D eigenvalue weighted by atomic mass is 32.1. The van der Waals surface area contributed by atoms with Crippen LogP contribution in [-0.2, 0) is 22.4 Å². The number of hydrogen-bond donors (Lipinski definition) is 2. The predicted molar refractivity (Wildman–Crippen MR) is 144 cm³/mol. The Bertz CT molecular complexity index is 1150. The molecule has 2 amide bonds. The number of unbranched alkanes of at least 4 members (excludes halogenated alkanes) is 2. The molecule has 7 heteroatoms. The molecule has 0 radical (unpaired) electrons. The van der Waals surface area contributed by atoms with Gasteiger partial charge in [-0.2, -0.15) is 0 Å². The summed E-state index contributed by atoms with van der Waals surface area (Å²) < 4.78 is 0.174. The van der Waals surface area contributed by atoms with Crippen molar-refractivity contribution in [1.29, 1.82) is 0 Å². The SMILES string of the molecule is CCCCCc1c(/C=C/C(=O)NC(C)CCCc2cccnc2)sc2cccc([N@@+](C)(O)C=O)c12. The smallest absolute Gasteiger partial charge is 0.338 e. The number of nitrogens with zero attached hydrogens (tertiary/aromatic N) is 2. The normalized spacial score (nSPS) is 14.2. The van der Waals surface area contributed by atoms with Gasteiger partial charge < -0.3 is 5.32 Å². The van der Waals surface area contributed by atoms with E-state index in [1.54, 1.807) is 29.7 Å². The molecule has 0 saturated heterocycles. The molecule has 2 heterocycles. The van der Waals surface area contributed by atoms with Gasteiger partial charge in [-0.05, 0) is 68.4 Å². The molecule has 0 saturated carbocycles. The van der Waals surface area contributed by atoms with Crippen LogP contribution in [0.3, 0.4) is 0 Å². The summed E-state index contributed by atoms with van der Waals surface area (Å²) in [6, 6.07) is 9.73. The number of rotatable bonds is 13. The van der Waals surface area contributed by atoms with Gasteiger partial charge in [-0.1, -0.05) is 36.5 Å². The number of aryl methyl sites for hydroxylation is 2. The first kappa shape index (κ1) is 26.7. The standard InChI is InChI=1S/C28H35N3O3S/c1-4-5-6-13-23-25(35-26-15-8-14-24(28(23)26)31(3,34)20-32)16-17-27(33)30-21(2)10-7-11-22-12-9-18-29-19-22/h8-9,12,14-21,34H,4-7,10-11,13H2,1-3H3/p+1/b17-16+/t21?,31-/m0/s1. The quantitative estimate of drug-likeness (QED) is 0.0757. The molecule has 0 spiro atoms. The molecular weight excluding hydrogens is 458 g/mol. The Hall–Kier alpha value is -2.87. The number of carbonyl (C=O) groups is 2. The number of aromatic nitrogens is 1. The molecule has 0 bridgehead atoms. The molecule has 35 heavy (non-hydrogen) atoms. The zero-order valence-corrected chi connectivity index (χ0v) is 21.7. The van der Waals surface area contributed by atoms with E-state index in [2.05, 4.69) is 23.3 Å². The number of hydroxylamine groups is 2. The van der Waals surface area contributed by atoms with Gasteiger partial charge in [0.05, 0.1) is 5.39 Å². The summed E-state index contributed by atoms with van der Waals surface area (Å²) in [6.45, 7) is 4.19. The topological polar surface area (TPSA) is 79.3 Å². The van der Waals surface area contributed by atoms with Crippen molar-refractivity contribution in [2.45, 2.75) is 64.8 Å². The second kappa shape index (κ2) is 12.7. The van der Waals surface area contributed by atoms with Crippen LogP contribution < -0.4 is 9.96 Å². The average Bonchev–Trinajstić information content (AvgIpc) is 3.21. The lowest BCUT2D eigenvalue weighted by Crippen LogP contribution is -2.39. The average molecular weight is 495 g/mol. The highest BCUT2D eigenvalue weighted by molar-refractivity contribution is 7.20. The van der Waals surface area contributed by atoms with Crippen molar-refractivity contribution >= 4 is 45.5 Å². The first-order chi connectivity index (χ1) is 16.9. The van der Waals surface area contributed by atoms with Crippen molar-refractivity contribution in [2.24, 2.45) is 0 Å². The number of amides is 2. The van der Waals surface area contributed by atoms with Gasteiger partial charge in [-0.25, -0.2) is 10.0 Å². The maximum Gasteiger partial charge on any atom is 0.338 e. The number of pyridine rings is 1. The number of nitrogens with one attached hydrogen (secondary N) is 1. The summed E-state index contributed by atoms with van der Waals surface area (Å²) in [5.74, 6) is -0.119. The molecule has 0 aliphatic heterocycles. The highest BCUT2D eigenvalue weighted by Gasteiger charge is 2.28. The highest BCUT2D eigenvalue weighted by Crippen LogP contribution is 2.40. The molecule has 0 fully saturated rings. The number of hydrogen-bond acceptors (Lipinski definition) is 5. The van der Waals surface area contributed by atoms with Crippen LogP contribution in [0.2, 0.25) is 0 Å². The van der Waals surface area contributed by atoms with E-state index >= 15 is 0 Å². The van der Waals surface area contributed by atoms with Gasteiger partial charge in [0.25, 0.3) is 0 Å². The van der Waals surface area contributed by atoms with Crippen LogP contribution in [0.5, 0.6) is 0 Å². The summed E-state index contributed by atoms with van der Waals surface area (Å²) in [5.41, 5.74) is 2.85. The molecule has 6 nitrogen and oxygen atoms in total. The zero-order valence-electron chi connectivity index (χ0n) is 20.9. The van der Waals surface area contributed by atoms with Crippen LogP contribution in [0.4, 0.5) is 5.69 Å². The Morgan fingerprint density at radius 2 is 2.03 bits per heavy atom. The maximum atomic E-state index is 12.6. The van der Waals surface area contributed by atoms with Gasteiger partial charge in [0, 0.05) is 40.2 Å². The van der Waals surface area contributed by atoms with Crippen molar-refractivity contribution in [3.63, 3.8) is 0 Å². The third kappa shape index (κ3) is 7.31. The molecule has 186 valence electrons. The minimum Gasteiger partial charge on any atom is -0.350 e. The molecular formula is C28H36N3O3S+. The fourth-order valence-corrected chi connectivity index (χ4v) is 5.43. The van der Waals surface area contributed by atoms with Gasteiger partial charge in [0.1, 0.15) is 7.05 Å². The van der Waals surface area contributed by atoms with E-state index in [0.717, 1.165) is 65.5 Å². The molecule has 3 rings (SSSR count). The van der Waals surface area contributed by atoms with Crippen LogP contribution in [0, 0.1) is 0 Å². The summed E-state index contributed by atoms with van der Waals surface area (Å²) in [5, 5.41) is 14.6. The van der Waals surface area contributed by atoms with E-state index in [1.807, 2.05) is 37.4 Å². The van der Waals surface area contributed by atoms with Crippen LogP contribution in [0.25, 0.3) is 16.2 Å². The minimum atomic E-state index is -0.824. The Labute approximate surface area is 211 Å². The third-order valence-electron chi connectivity index (χ3n) is 6.15. The first-order valence-corrected chi connectivity index (χ1v) is 13.1. The van der Waals surface area contributed by atoms with Crippen molar-refractivity contribution in [3.05, 3.63) is 64.8 Å². The predicted octanol–water partition coefficient (Wildman–Crippen LogP) is 6.05. The molecule has 3 aromatic rings. The van der Waals surface area contributed by atoms with Gasteiger partial charge in [0.15, 0.2) is 5.69 Å². The van der Waals surface area contributed by atoms with Crippen LogP contribution in [0.15, 0.2) is 48.8 Å². The van der Waals surface area contributed by atoms with Gasteiger partial charge in [-0.3, -0.25) is 9.78 Å². The lowest BCUT2D eigenvalue weighted by molar-refractivity contribution is -0.140. The second-order valence-electron chi connectivity index (χ2n) is 9.18. The first-order valence-electron chi connectivity index (χ1n) is 12.3. The second-order valence-corrected chi connectivity index (χ2v) is 10.3. The minimum absolute atomic E-state index is 0.0712. The van der Waals surface area contributed by atoms with E-state index in [9.17, 15) is 14.8 Å². The number of carbonyl (C=O) groups excluding carboxylic acids is 2. The van der Waals surface area contributed by atoms with Crippen molar-refractivity contribution in [3.8, 4) is 0 Å². The Morgan fingerprint density at radius 3 is 2.74 bits per heavy atom. The largest absolute Gasteiger partial charge is 0.350 e. The maximum absolute atomic E-state index is 12.6. The van der Waals surface area contributed by atoms with Gasteiger partial charge in [-0.15, -0.1) is 11.3 Å². The van der Waals surface area contributed by atoms with Gasteiger partial charge in [0.2, 0.25) is 5.91 Å². The van der Waals surface area contributed by atoms with Crippen molar-refractivity contribution < 1.29 is 14.8 Å². The number of fused-ring (bicyclic) bond motifs is 1. The summed E-state index contributed by atoms with van der Waals surface area (Å²) in [6.07, 6.45) is 14.5. The molecule has 2 aromatic heterocycles. The number of quaternary nitrogens is 1. The van der Waals surface area contributed by atoms with Crippen molar-refractivity contribution in [2.75, 3.05) is 7.05 Å². The molecule has 2 N–H and O–H groups in total. The van der Waals surface area contributed by atoms with Crippen molar-refractivity contribution in [1.82, 2.24) is 14.9 Å². The summed E-state index contributed by atoms with van der Waals surface area (Å²) in [4.78, 5) is 29.3. The molecule has 1 unspecified atom stereocenters. The number of benzene rings is 1. The fraction of sp³-hybridized carbons (Fsp3) is 0.393. The fourth-order valence-electron chi connectivity index (χ4n) is 4.25. The van der Waals surface area contributed by atoms with Crippen LogP contribution in [-0.4, -0.2) is 35.6 Å². The summed E-state index contributed by atoms with van der Waals surface area (Å²) in [7, 11) is 1.47. The third-order valence-corrected chi connectivity index (χ3v) is 7.31. The Morgan fingerprint density at radius 1 is 1.20 bits per heavy atom. The summed E-state index contributed by atoms with van der Waals surface area (Å²) >= 11 is 1.59. The lowest BCUT2D eigenvalue weighted by Gasteiger charge is -2.18.